The molecule has 2 aromatic heterocycles. The predicted octanol–water partition coefficient (Wildman–Crippen LogP) is 3.37. The summed E-state index contributed by atoms with van der Waals surface area (Å²) in [7, 11) is 1.95. The van der Waals surface area contributed by atoms with Crippen LogP contribution < -0.4 is 4.90 Å². The third-order valence-corrected chi connectivity index (χ3v) is 5.01. The van der Waals surface area contributed by atoms with Crippen LogP contribution in [0.5, 0.6) is 0 Å². The van der Waals surface area contributed by atoms with E-state index >= 15 is 0 Å². The first-order valence-corrected chi connectivity index (χ1v) is 8.44. The Morgan fingerprint density at radius 2 is 2.13 bits per heavy atom. The largest absolute Gasteiger partial charge is 0.414 e. The van der Waals surface area contributed by atoms with Gasteiger partial charge in [-0.15, -0.1) is 21.5 Å². The van der Waals surface area contributed by atoms with Gasteiger partial charge in [-0.2, -0.15) is 0 Å². The lowest BCUT2D eigenvalue weighted by Gasteiger charge is -2.19. The number of nitrogens with zero attached hydrogens (tertiary/aromatic N) is 2. The van der Waals surface area contributed by atoms with E-state index < -0.39 is 0 Å². The molecule has 0 aliphatic carbocycles. The molecule has 4 nitrogen and oxygen atoms in total. The molecule has 23 heavy (non-hydrogen) atoms. The molecule has 1 N–H and O–H groups in total. The van der Waals surface area contributed by atoms with Gasteiger partial charge in [-0.05, 0) is 30.5 Å². The molecule has 0 saturated carbocycles. The van der Waals surface area contributed by atoms with Gasteiger partial charge in [0.25, 0.3) is 11.8 Å². The summed E-state index contributed by atoms with van der Waals surface area (Å²) in [4.78, 5) is 1.95. The zero-order valence-electron chi connectivity index (χ0n) is 12.7. The van der Waals surface area contributed by atoms with E-state index in [0.717, 1.165) is 9.78 Å². The SMILES string of the molecule is C[C@H](c1nnc(-c2cccs2)o1)[NH+](C)Cc1c(F)cccc1Cl. The smallest absolute Gasteiger partial charge is 0.274 e. The van der Waals surface area contributed by atoms with Gasteiger partial charge in [0.2, 0.25) is 0 Å². The van der Waals surface area contributed by atoms with Gasteiger partial charge in [0.15, 0.2) is 6.04 Å². The molecule has 0 saturated heterocycles. The maximum atomic E-state index is 13.9. The number of rotatable bonds is 5. The van der Waals surface area contributed by atoms with Crippen LogP contribution in [0.2, 0.25) is 5.02 Å². The van der Waals surface area contributed by atoms with Crippen LogP contribution in [0.1, 0.15) is 24.4 Å². The van der Waals surface area contributed by atoms with Crippen LogP contribution in [0.3, 0.4) is 0 Å². The molecule has 2 atom stereocenters. The Labute approximate surface area is 142 Å². The Kier molecular flexibility index (Phi) is 4.75. The third kappa shape index (κ3) is 3.44. The first-order valence-electron chi connectivity index (χ1n) is 7.18. The molecule has 3 aromatic rings. The molecule has 3 rings (SSSR count). The van der Waals surface area contributed by atoms with Crippen molar-refractivity contribution in [2.24, 2.45) is 0 Å². The lowest BCUT2D eigenvalue weighted by Crippen LogP contribution is -3.07. The quantitative estimate of drug-likeness (QED) is 0.765. The standard InChI is InChI=1S/C16H15ClFN3OS/c1-10(15-19-20-16(22-15)14-7-4-8-23-14)21(2)9-11-12(17)5-3-6-13(11)18/h3-8,10H,9H2,1-2H3/p+1/t10-/m1/s1. The average Bonchev–Trinajstić information content (AvgIpc) is 3.20. The molecule has 120 valence electrons. The number of halogens is 2. The zero-order chi connectivity index (χ0) is 16.4. The average molecular weight is 353 g/mol. The molecule has 0 radical (unpaired) electrons. The summed E-state index contributed by atoms with van der Waals surface area (Å²) in [6, 6.07) is 8.51. The molecule has 1 unspecified atom stereocenters. The maximum Gasteiger partial charge on any atom is 0.274 e. The van der Waals surface area contributed by atoms with E-state index in [-0.39, 0.29) is 11.9 Å². The first kappa shape index (κ1) is 16.1. The minimum absolute atomic E-state index is 0.0770. The van der Waals surface area contributed by atoms with Crippen LogP contribution in [0, 0.1) is 5.82 Å². The van der Waals surface area contributed by atoms with Gasteiger partial charge in [-0.3, -0.25) is 0 Å². The fourth-order valence-electron chi connectivity index (χ4n) is 2.25. The Morgan fingerprint density at radius 3 is 2.83 bits per heavy atom. The molecular weight excluding hydrogens is 337 g/mol. The molecule has 1 aromatic carbocycles. The van der Waals surface area contributed by atoms with Crippen molar-refractivity contribution < 1.29 is 13.7 Å². The van der Waals surface area contributed by atoms with E-state index in [4.69, 9.17) is 16.0 Å². The highest BCUT2D eigenvalue weighted by atomic mass is 35.5. The van der Waals surface area contributed by atoms with Crippen molar-refractivity contribution >= 4 is 22.9 Å². The number of hydrogen-bond acceptors (Lipinski definition) is 4. The van der Waals surface area contributed by atoms with Crippen molar-refractivity contribution in [1.82, 2.24) is 10.2 Å². The van der Waals surface area contributed by atoms with Gasteiger partial charge < -0.3 is 9.32 Å². The Hall–Kier alpha value is -1.76. The molecule has 0 bridgehead atoms. The Morgan fingerprint density at radius 1 is 1.30 bits per heavy atom. The van der Waals surface area contributed by atoms with Crippen molar-refractivity contribution in [2.75, 3.05) is 7.05 Å². The highest BCUT2D eigenvalue weighted by molar-refractivity contribution is 7.13. The number of quaternary nitrogens is 1. The summed E-state index contributed by atoms with van der Waals surface area (Å²) in [6.07, 6.45) is 0. The van der Waals surface area contributed by atoms with E-state index in [2.05, 4.69) is 10.2 Å². The lowest BCUT2D eigenvalue weighted by atomic mass is 10.1. The van der Waals surface area contributed by atoms with Crippen LogP contribution in [0.25, 0.3) is 10.8 Å². The van der Waals surface area contributed by atoms with Gasteiger partial charge >= 0.3 is 0 Å². The zero-order valence-corrected chi connectivity index (χ0v) is 14.3. The molecule has 7 heteroatoms. The fraction of sp³-hybridized carbons (Fsp3) is 0.250. The minimum Gasteiger partial charge on any atom is -0.414 e. The summed E-state index contributed by atoms with van der Waals surface area (Å²) in [5.74, 6) is 0.741. The number of benzene rings is 1. The normalized spacial score (nSPS) is 13.9. The second-order valence-corrected chi connectivity index (χ2v) is 6.72. The second-order valence-electron chi connectivity index (χ2n) is 5.37. The van der Waals surface area contributed by atoms with E-state index in [0.29, 0.717) is 28.9 Å². The van der Waals surface area contributed by atoms with Gasteiger partial charge in [-0.1, -0.05) is 23.7 Å². The van der Waals surface area contributed by atoms with Crippen molar-refractivity contribution in [3.63, 3.8) is 0 Å². The maximum absolute atomic E-state index is 13.9. The summed E-state index contributed by atoms with van der Waals surface area (Å²) in [5, 5.41) is 10.6. The van der Waals surface area contributed by atoms with Crippen molar-refractivity contribution in [3.8, 4) is 10.8 Å². The van der Waals surface area contributed by atoms with Gasteiger partial charge in [-0.25, -0.2) is 4.39 Å². The van der Waals surface area contributed by atoms with Gasteiger partial charge in [0.05, 0.1) is 22.5 Å². The first-order chi connectivity index (χ1) is 11.1. The molecule has 0 spiro atoms. The van der Waals surface area contributed by atoms with Crippen molar-refractivity contribution in [2.45, 2.75) is 19.5 Å². The van der Waals surface area contributed by atoms with Crippen LogP contribution >= 0.6 is 22.9 Å². The number of aromatic nitrogens is 2. The van der Waals surface area contributed by atoms with Gasteiger partial charge in [0, 0.05) is 0 Å². The number of hydrogen-bond donors (Lipinski definition) is 1. The fourth-order valence-corrected chi connectivity index (χ4v) is 3.13. The molecule has 0 aliphatic rings. The van der Waals surface area contributed by atoms with Crippen molar-refractivity contribution in [3.05, 3.63) is 58.0 Å². The molecule has 0 aliphatic heterocycles. The Bertz CT molecular complexity index is 770. The van der Waals surface area contributed by atoms with E-state index in [1.165, 1.54) is 6.07 Å². The lowest BCUT2D eigenvalue weighted by molar-refractivity contribution is -0.925. The molecule has 0 fully saturated rings. The minimum atomic E-state index is -0.297. The van der Waals surface area contributed by atoms with E-state index in [1.54, 1.807) is 23.5 Å². The van der Waals surface area contributed by atoms with E-state index in [1.807, 2.05) is 31.5 Å². The third-order valence-electron chi connectivity index (χ3n) is 3.80. The highest BCUT2D eigenvalue weighted by Crippen LogP contribution is 2.24. The molecule has 2 heterocycles. The van der Waals surface area contributed by atoms with Crippen LogP contribution in [0.15, 0.2) is 40.1 Å². The van der Waals surface area contributed by atoms with Crippen LogP contribution in [-0.4, -0.2) is 17.2 Å². The number of nitrogens with one attached hydrogen (secondary N) is 1. The topological polar surface area (TPSA) is 43.4 Å². The van der Waals surface area contributed by atoms with Crippen LogP contribution in [0.4, 0.5) is 4.39 Å². The van der Waals surface area contributed by atoms with Crippen molar-refractivity contribution in [1.29, 1.82) is 0 Å². The summed E-state index contributed by atoms with van der Waals surface area (Å²) in [6.45, 7) is 2.40. The predicted molar refractivity (Wildman–Crippen MR) is 88.0 cm³/mol. The number of thiophene rings is 1. The summed E-state index contributed by atoms with van der Waals surface area (Å²) in [5.41, 5.74) is 0.497. The summed E-state index contributed by atoms with van der Waals surface area (Å²) < 4.78 is 19.7. The van der Waals surface area contributed by atoms with Crippen LogP contribution in [-0.2, 0) is 6.54 Å². The second kappa shape index (κ2) is 6.78. The molecular formula is C16H16ClFN3OS+. The Balaban J connectivity index is 1.76. The molecule has 0 amide bonds. The monoisotopic (exact) mass is 352 g/mol. The summed E-state index contributed by atoms with van der Waals surface area (Å²) >= 11 is 7.64. The highest BCUT2D eigenvalue weighted by Gasteiger charge is 2.24. The van der Waals surface area contributed by atoms with Gasteiger partial charge in [0.1, 0.15) is 12.4 Å². The van der Waals surface area contributed by atoms with E-state index in [9.17, 15) is 4.39 Å².